The van der Waals surface area contributed by atoms with Gasteiger partial charge in [0.1, 0.15) is 23.1 Å². The van der Waals surface area contributed by atoms with Crippen molar-refractivity contribution in [2.24, 2.45) is 0 Å². The van der Waals surface area contributed by atoms with E-state index in [0.717, 1.165) is 42.1 Å². The zero-order chi connectivity index (χ0) is 23.3. The van der Waals surface area contributed by atoms with Crippen LogP contribution >= 0.6 is 0 Å². The van der Waals surface area contributed by atoms with Crippen LogP contribution in [0, 0.1) is 0 Å². The van der Waals surface area contributed by atoms with E-state index in [4.69, 9.17) is 10.5 Å². The summed E-state index contributed by atoms with van der Waals surface area (Å²) in [6, 6.07) is 23.2. The lowest BCUT2D eigenvalue weighted by molar-refractivity contribution is 0.266. The van der Waals surface area contributed by atoms with E-state index >= 15 is 0 Å². The lowest BCUT2D eigenvalue weighted by Gasteiger charge is -2.24. The minimum absolute atomic E-state index is 0.117. The Morgan fingerprint density at radius 1 is 1.00 bits per heavy atom. The molecular formula is C26H26N6O2. The van der Waals surface area contributed by atoms with Crippen molar-refractivity contribution in [1.29, 1.82) is 0 Å². The van der Waals surface area contributed by atoms with Gasteiger partial charge in [0.15, 0.2) is 0 Å². The molecule has 0 aliphatic carbocycles. The molecule has 1 aliphatic heterocycles. The fourth-order valence-electron chi connectivity index (χ4n) is 4.12. The van der Waals surface area contributed by atoms with E-state index in [2.05, 4.69) is 25.2 Å². The van der Waals surface area contributed by atoms with Crippen LogP contribution in [0.3, 0.4) is 0 Å². The number of aliphatic hydroxyl groups is 1. The van der Waals surface area contributed by atoms with Crippen molar-refractivity contribution in [2.75, 3.05) is 29.1 Å². The minimum atomic E-state index is 0.117. The fourth-order valence-corrected chi connectivity index (χ4v) is 4.12. The zero-order valence-electron chi connectivity index (χ0n) is 18.6. The predicted molar refractivity (Wildman–Crippen MR) is 133 cm³/mol. The van der Waals surface area contributed by atoms with Crippen molar-refractivity contribution in [2.45, 2.75) is 18.9 Å². The van der Waals surface area contributed by atoms with Crippen molar-refractivity contribution in [3.8, 4) is 22.8 Å². The number of hydrogen-bond donors (Lipinski definition) is 3. The molecular weight excluding hydrogens is 428 g/mol. The van der Waals surface area contributed by atoms with Gasteiger partial charge in [-0.15, -0.1) is 0 Å². The number of hydrogen-bond acceptors (Lipinski definition) is 8. The third-order valence-electron chi connectivity index (χ3n) is 5.77. The Morgan fingerprint density at radius 3 is 2.62 bits per heavy atom. The molecule has 0 amide bonds. The van der Waals surface area contributed by atoms with E-state index in [9.17, 15) is 5.11 Å². The number of nitrogens with one attached hydrogen (secondary N) is 1. The third-order valence-corrected chi connectivity index (χ3v) is 5.77. The molecule has 8 heteroatoms. The SMILES string of the molecule is Nc1nc(Nc2ccc(Oc3ccnc(N4CCC[C@H]4CO)c3)cc2)cc(-c2ccccc2)n1. The molecule has 0 spiro atoms. The van der Waals surface area contributed by atoms with E-state index in [1.165, 1.54) is 0 Å². The van der Waals surface area contributed by atoms with Crippen molar-refractivity contribution in [3.05, 3.63) is 79.0 Å². The number of aliphatic hydroxyl groups excluding tert-OH is 1. The normalized spacial score (nSPS) is 15.3. The van der Waals surface area contributed by atoms with Gasteiger partial charge >= 0.3 is 0 Å². The molecule has 2 aromatic carbocycles. The highest BCUT2D eigenvalue weighted by Crippen LogP contribution is 2.30. The summed E-state index contributed by atoms with van der Waals surface area (Å²) in [6.45, 7) is 1.02. The summed E-state index contributed by atoms with van der Waals surface area (Å²) >= 11 is 0. The van der Waals surface area contributed by atoms with Gasteiger partial charge in [-0.2, -0.15) is 4.98 Å². The molecule has 1 atom stereocenters. The molecule has 0 bridgehead atoms. The van der Waals surface area contributed by atoms with Crippen LogP contribution in [0.5, 0.6) is 11.5 Å². The first-order valence-corrected chi connectivity index (χ1v) is 11.3. The molecule has 34 heavy (non-hydrogen) atoms. The average Bonchev–Trinajstić information content (AvgIpc) is 3.35. The van der Waals surface area contributed by atoms with Gasteiger partial charge in [0.05, 0.1) is 18.3 Å². The summed E-state index contributed by atoms with van der Waals surface area (Å²) in [4.78, 5) is 15.2. The molecule has 1 saturated heterocycles. The van der Waals surface area contributed by atoms with Crippen molar-refractivity contribution in [3.63, 3.8) is 0 Å². The molecule has 4 N–H and O–H groups in total. The van der Waals surface area contributed by atoms with Gasteiger partial charge in [-0.25, -0.2) is 9.97 Å². The van der Waals surface area contributed by atoms with Crippen LogP contribution in [0.2, 0.25) is 0 Å². The summed E-state index contributed by atoms with van der Waals surface area (Å²) in [7, 11) is 0. The van der Waals surface area contributed by atoms with Gasteiger partial charge in [-0.05, 0) is 43.2 Å². The molecule has 172 valence electrons. The van der Waals surface area contributed by atoms with Crippen LogP contribution in [0.25, 0.3) is 11.3 Å². The Balaban J connectivity index is 1.28. The van der Waals surface area contributed by atoms with Crippen LogP contribution in [0.15, 0.2) is 79.0 Å². The number of nitrogens with zero attached hydrogens (tertiary/aromatic N) is 4. The first kappa shape index (κ1) is 21.7. The number of ether oxygens (including phenoxy) is 1. The molecule has 0 saturated carbocycles. The van der Waals surface area contributed by atoms with Crippen LogP contribution in [0.1, 0.15) is 12.8 Å². The highest BCUT2D eigenvalue weighted by molar-refractivity contribution is 5.67. The quantitative estimate of drug-likeness (QED) is 0.371. The maximum Gasteiger partial charge on any atom is 0.222 e. The molecule has 0 unspecified atom stereocenters. The summed E-state index contributed by atoms with van der Waals surface area (Å²) in [6.07, 6.45) is 3.76. The first-order valence-electron chi connectivity index (χ1n) is 11.3. The van der Waals surface area contributed by atoms with Crippen molar-refractivity contribution < 1.29 is 9.84 Å². The third kappa shape index (κ3) is 4.92. The first-order chi connectivity index (χ1) is 16.7. The zero-order valence-corrected chi connectivity index (χ0v) is 18.6. The number of pyridine rings is 1. The monoisotopic (exact) mass is 454 g/mol. The maximum atomic E-state index is 9.60. The molecule has 0 radical (unpaired) electrons. The Hall–Kier alpha value is -4.17. The maximum absolute atomic E-state index is 9.60. The van der Waals surface area contributed by atoms with Crippen molar-refractivity contribution >= 4 is 23.3 Å². The standard InChI is InChI=1S/C26H26N6O2/c27-26-30-23(18-5-2-1-3-6-18)16-24(31-26)29-19-8-10-21(11-9-19)34-22-12-13-28-25(15-22)32-14-4-7-20(32)17-33/h1-3,5-6,8-13,15-16,20,33H,4,7,14,17H2,(H3,27,29,30,31)/t20-/m0/s1. The minimum Gasteiger partial charge on any atom is -0.457 e. The molecule has 5 rings (SSSR count). The van der Waals surface area contributed by atoms with Crippen molar-refractivity contribution in [1.82, 2.24) is 15.0 Å². The van der Waals surface area contributed by atoms with E-state index in [0.29, 0.717) is 17.3 Å². The van der Waals surface area contributed by atoms with Gasteiger partial charge in [0.2, 0.25) is 5.95 Å². The van der Waals surface area contributed by atoms with E-state index in [-0.39, 0.29) is 18.6 Å². The molecule has 4 aromatic rings. The van der Waals surface area contributed by atoms with Gasteiger partial charge in [-0.3, -0.25) is 0 Å². The number of nitrogen functional groups attached to an aromatic ring is 1. The fraction of sp³-hybridized carbons (Fsp3) is 0.192. The van der Waals surface area contributed by atoms with Crippen LogP contribution < -0.4 is 20.7 Å². The Morgan fingerprint density at radius 2 is 1.82 bits per heavy atom. The Kier molecular flexibility index (Phi) is 6.22. The molecule has 1 aliphatic rings. The lowest BCUT2D eigenvalue weighted by atomic mass is 10.1. The van der Waals surface area contributed by atoms with Crippen LogP contribution in [-0.2, 0) is 0 Å². The highest BCUT2D eigenvalue weighted by atomic mass is 16.5. The number of rotatable bonds is 7. The lowest BCUT2D eigenvalue weighted by Crippen LogP contribution is -2.32. The van der Waals surface area contributed by atoms with Gasteiger partial charge in [0.25, 0.3) is 0 Å². The van der Waals surface area contributed by atoms with E-state index in [1.807, 2.05) is 72.8 Å². The highest BCUT2D eigenvalue weighted by Gasteiger charge is 2.25. The second-order valence-corrected chi connectivity index (χ2v) is 8.14. The summed E-state index contributed by atoms with van der Waals surface area (Å²) in [5.74, 6) is 3.05. The van der Waals surface area contributed by atoms with Crippen LogP contribution in [-0.4, -0.2) is 39.3 Å². The summed E-state index contributed by atoms with van der Waals surface area (Å²) < 4.78 is 6.05. The second kappa shape index (κ2) is 9.76. The topological polar surface area (TPSA) is 109 Å². The Bertz CT molecular complexity index is 1250. The van der Waals surface area contributed by atoms with E-state index in [1.54, 1.807) is 6.20 Å². The summed E-state index contributed by atoms with van der Waals surface area (Å²) in [5, 5.41) is 12.9. The smallest absolute Gasteiger partial charge is 0.222 e. The number of aromatic nitrogens is 3. The second-order valence-electron chi connectivity index (χ2n) is 8.14. The number of benzene rings is 2. The largest absolute Gasteiger partial charge is 0.457 e. The summed E-state index contributed by atoms with van der Waals surface area (Å²) in [5.41, 5.74) is 8.51. The molecule has 3 heterocycles. The molecule has 8 nitrogen and oxygen atoms in total. The molecule has 1 fully saturated rings. The number of anilines is 4. The molecule has 2 aromatic heterocycles. The average molecular weight is 455 g/mol. The van der Waals surface area contributed by atoms with Gasteiger partial charge in [-0.1, -0.05) is 30.3 Å². The number of nitrogens with two attached hydrogens (primary N) is 1. The van der Waals surface area contributed by atoms with Gasteiger partial charge < -0.3 is 25.8 Å². The van der Waals surface area contributed by atoms with Crippen LogP contribution in [0.4, 0.5) is 23.3 Å². The van der Waals surface area contributed by atoms with E-state index < -0.39 is 0 Å². The Labute approximate surface area is 198 Å². The predicted octanol–water partition coefficient (Wildman–Crippen LogP) is 4.62. The van der Waals surface area contributed by atoms with Gasteiger partial charge in [0, 0.05) is 36.1 Å².